The summed E-state index contributed by atoms with van der Waals surface area (Å²) in [6.45, 7) is 1.79. The van der Waals surface area contributed by atoms with Crippen molar-refractivity contribution in [2.45, 2.75) is 27.0 Å². The monoisotopic (exact) mass is 505 g/mol. The van der Waals surface area contributed by atoms with Crippen molar-refractivity contribution in [3.8, 4) is 23.3 Å². The van der Waals surface area contributed by atoms with Crippen molar-refractivity contribution in [3.63, 3.8) is 0 Å². The highest BCUT2D eigenvalue weighted by molar-refractivity contribution is 8.00. The number of anilines is 3. The summed E-state index contributed by atoms with van der Waals surface area (Å²) in [5.41, 5.74) is 9.29. The van der Waals surface area contributed by atoms with E-state index < -0.39 is 5.25 Å². The Labute approximate surface area is 217 Å². The zero-order valence-corrected chi connectivity index (χ0v) is 20.8. The number of rotatable bonds is 4. The van der Waals surface area contributed by atoms with E-state index in [9.17, 15) is 15.3 Å². The van der Waals surface area contributed by atoms with E-state index in [1.807, 2.05) is 78.9 Å². The summed E-state index contributed by atoms with van der Waals surface area (Å²) in [5, 5.41) is 19.6. The Kier molecular flexibility index (Phi) is 6.39. The molecule has 174 valence electrons. The number of fused-ring (bicyclic) bond motifs is 2. The lowest BCUT2D eigenvalue weighted by Gasteiger charge is -2.32. The van der Waals surface area contributed by atoms with Gasteiger partial charge in [0.05, 0.1) is 22.2 Å². The van der Waals surface area contributed by atoms with Crippen LogP contribution in [0.15, 0.2) is 93.7 Å². The van der Waals surface area contributed by atoms with Crippen LogP contribution in [0, 0.1) is 22.7 Å². The van der Waals surface area contributed by atoms with Crippen LogP contribution in [0.25, 0.3) is 11.1 Å². The molecule has 1 aromatic heterocycles. The molecule has 2 N–H and O–H groups in total. The number of hydrogen-bond acceptors (Lipinski definition) is 7. The number of aromatic nitrogens is 1. The first-order valence-electron chi connectivity index (χ1n) is 11.1. The number of nitrogen functional groups attached to an aromatic ring is 1. The first kappa shape index (κ1) is 23.5. The van der Waals surface area contributed by atoms with Crippen LogP contribution in [0.4, 0.5) is 17.2 Å². The van der Waals surface area contributed by atoms with Gasteiger partial charge in [0.15, 0.2) is 0 Å². The third kappa shape index (κ3) is 4.07. The van der Waals surface area contributed by atoms with E-state index in [4.69, 9.17) is 5.73 Å². The minimum absolute atomic E-state index is 0.0302. The van der Waals surface area contributed by atoms with Gasteiger partial charge in [-0.15, -0.1) is 0 Å². The molecule has 0 aliphatic carbocycles. The van der Waals surface area contributed by atoms with Crippen LogP contribution in [0.2, 0.25) is 0 Å². The number of thioether (sulfide) groups is 1. The third-order valence-corrected chi connectivity index (χ3v) is 7.97. The summed E-state index contributed by atoms with van der Waals surface area (Å²) in [6.07, 6.45) is 0. The van der Waals surface area contributed by atoms with Crippen LogP contribution >= 0.6 is 23.5 Å². The molecule has 5 rings (SSSR count). The Morgan fingerprint density at radius 1 is 0.917 bits per heavy atom. The molecule has 0 bridgehead atoms. The quantitative estimate of drug-likeness (QED) is 0.320. The zero-order chi connectivity index (χ0) is 25.2. The van der Waals surface area contributed by atoms with Gasteiger partial charge in [-0.05, 0) is 36.8 Å². The van der Waals surface area contributed by atoms with Gasteiger partial charge in [-0.1, -0.05) is 78.1 Å². The number of pyridine rings is 1. The molecule has 0 saturated carbocycles. The number of carbonyl (C=O) groups is 1. The minimum Gasteiger partial charge on any atom is -0.383 e. The number of para-hydroxylation sites is 2. The van der Waals surface area contributed by atoms with Crippen LogP contribution in [0.3, 0.4) is 0 Å². The average Bonchev–Trinajstić information content (AvgIpc) is 2.91. The number of nitrogens with two attached hydrogens (primary N) is 1. The van der Waals surface area contributed by atoms with Gasteiger partial charge in [-0.25, -0.2) is 4.98 Å². The highest BCUT2D eigenvalue weighted by atomic mass is 32.2. The summed E-state index contributed by atoms with van der Waals surface area (Å²) in [7, 11) is 0. The smallest absolute Gasteiger partial charge is 0.244 e. The number of nitriles is 2. The number of benzene rings is 3. The van der Waals surface area contributed by atoms with Crippen LogP contribution in [0.1, 0.15) is 18.1 Å². The molecular weight excluding hydrogens is 486 g/mol. The minimum atomic E-state index is -0.593. The number of amides is 1. The van der Waals surface area contributed by atoms with Gasteiger partial charge in [0, 0.05) is 15.4 Å². The maximum absolute atomic E-state index is 13.9. The molecule has 1 amide bonds. The summed E-state index contributed by atoms with van der Waals surface area (Å²) in [5.74, 6) is -0.113. The number of hydrogen-bond donors (Lipinski definition) is 1. The Morgan fingerprint density at radius 3 is 2.06 bits per heavy atom. The van der Waals surface area contributed by atoms with Gasteiger partial charge >= 0.3 is 0 Å². The highest BCUT2D eigenvalue weighted by Crippen LogP contribution is 2.49. The van der Waals surface area contributed by atoms with Crippen molar-refractivity contribution in [1.29, 1.82) is 10.5 Å². The average molecular weight is 506 g/mol. The van der Waals surface area contributed by atoms with Crippen molar-refractivity contribution in [1.82, 2.24) is 4.98 Å². The molecule has 1 atom stereocenters. The van der Waals surface area contributed by atoms with Crippen molar-refractivity contribution in [3.05, 3.63) is 90.0 Å². The second-order valence-corrected chi connectivity index (χ2v) is 10.4. The number of nitrogens with zero attached hydrogens (tertiary/aromatic N) is 4. The van der Waals surface area contributed by atoms with E-state index in [0.717, 1.165) is 21.2 Å². The maximum Gasteiger partial charge on any atom is 0.244 e. The van der Waals surface area contributed by atoms with Gasteiger partial charge < -0.3 is 5.73 Å². The molecule has 0 radical (unpaired) electrons. The lowest BCUT2D eigenvalue weighted by atomic mass is 9.97. The molecule has 6 nitrogen and oxygen atoms in total. The maximum atomic E-state index is 13.9. The molecule has 2 heterocycles. The molecule has 1 unspecified atom stereocenters. The molecule has 3 aromatic carbocycles. The zero-order valence-electron chi connectivity index (χ0n) is 19.2. The Balaban J connectivity index is 1.56. The standard InChI is InChI=1S/C28H19N5OS2/c1-17(28(34)33-21-11-5-7-13-23(21)36-24-14-8-6-12-22(24)33)35-27-20(16-30)25(18-9-3-2-4-10-18)19(15-29)26(31)32-27/h2-14,17H,1H3,(H2,31,32). The molecule has 4 aromatic rings. The van der Waals surface area contributed by atoms with Crippen LogP contribution in [-0.4, -0.2) is 16.1 Å². The van der Waals surface area contributed by atoms with E-state index >= 15 is 0 Å². The topological polar surface area (TPSA) is 107 Å². The van der Waals surface area contributed by atoms with Gasteiger partial charge in [0.2, 0.25) is 5.91 Å². The van der Waals surface area contributed by atoms with Gasteiger partial charge in [-0.2, -0.15) is 10.5 Å². The van der Waals surface area contributed by atoms with Gasteiger partial charge in [-0.3, -0.25) is 9.69 Å². The first-order chi connectivity index (χ1) is 17.5. The Morgan fingerprint density at radius 2 is 1.47 bits per heavy atom. The highest BCUT2D eigenvalue weighted by Gasteiger charge is 2.32. The predicted octanol–water partition coefficient (Wildman–Crippen LogP) is 6.38. The van der Waals surface area contributed by atoms with E-state index in [1.165, 1.54) is 11.8 Å². The van der Waals surface area contributed by atoms with E-state index in [1.54, 1.807) is 23.6 Å². The molecule has 0 fully saturated rings. The third-order valence-electron chi connectivity index (χ3n) is 5.77. The van der Waals surface area contributed by atoms with E-state index in [2.05, 4.69) is 17.1 Å². The first-order valence-corrected chi connectivity index (χ1v) is 12.8. The largest absolute Gasteiger partial charge is 0.383 e. The van der Waals surface area contributed by atoms with E-state index in [-0.39, 0.29) is 22.9 Å². The second kappa shape index (κ2) is 9.79. The van der Waals surface area contributed by atoms with E-state index in [0.29, 0.717) is 16.2 Å². The molecule has 0 saturated heterocycles. The van der Waals surface area contributed by atoms with Crippen molar-refractivity contribution >= 4 is 46.6 Å². The van der Waals surface area contributed by atoms with Crippen molar-refractivity contribution < 1.29 is 4.79 Å². The fourth-order valence-corrected chi connectivity index (χ4v) is 6.13. The Hall–Kier alpha value is -4.24. The van der Waals surface area contributed by atoms with Gasteiger partial charge in [0.25, 0.3) is 0 Å². The molecule has 0 spiro atoms. The number of carbonyl (C=O) groups excluding carboxylic acids is 1. The SMILES string of the molecule is CC(Sc1nc(N)c(C#N)c(-c2ccccc2)c1C#N)C(=O)N1c2ccccc2Sc2ccccc21. The molecular formula is C28H19N5OS2. The van der Waals surface area contributed by atoms with Gasteiger partial charge in [0.1, 0.15) is 28.5 Å². The Bertz CT molecular complexity index is 1530. The fraction of sp³-hybridized carbons (Fsp3) is 0.0714. The lowest BCUT2D eigenvalue weighted by Crippen LogP contribution is -2.34. The summed E-state index contributed by atoms with van der Waals surface area (Å²) < 4.78 is 0. The predicted molar refractivity (Wildman–Crippen MR) is 143 cm³/mol. The van der Waals surface area contributed by atoms with Crippen LogP contribution in [-0.2, 0) is 4.79 Å². The molecule has 36 heavy (non-hydrogen) atoms. The normalized spacial score (nSPS) is 12.6. The summed E-state index contributed by atoms with van der Waals surface area (Å²) >= 11 is 2.79. The molecule has 1 aliphatic heterocycles. The summed E-state index contributed by atoms with van der Waals surface area (Å²) in [6, 6.07) is 29.0. The van der Waals surface area contributed by atoms with Crippen molar-refractivity contribution in [2.24, 2.45) is 0 Å². The van der Waals surface area contributed by atoms with Crippen LogP contribution < -0.4 is 10.6 Å². The summed E-state index contributed by atoms with van der Waals surface area (Å²) in [4.78, 5) is 22.0. The lowest BCUT2D eigenvalue weighted by molar-refractivity contribution is -0.117. The van der Waals surface area contributed by atoms with Crippen LogP contribution in [0.5, 0.6) is 0 Å². The second-order valence-electron chi connectivity index (χ2n) is 7.99. The molecule has 8 heteroatoms. The fourth-order valence-electron chi connectivity index (χ4n) is 4.12. The van der Waals surface area contributed by atoms with Crippen molar-refractivity contribution in [2.75, 3.05) is 10.6 Å². The molecule has 1 aliphatic rings.